The Balaban J connectivity index is 1.60. The van der Waals surface area contributed by atoms with Crippen molar-refractivity contribution in [2.24, 2.45) is 40.4 Å². The first-order valence-corrected chi connectivity index (χ1v) is 9.76. The minimum absolute atomic E-state index is 0.341. The Morgan fingerprint density at radius 2 is 1.86 bits per heavy atom. The van der Waals surface area contributed by atoms with E-state index in [1.165, 1.54) is 64.2 Å². The number of aliphatic hydroxyl groups is 1. The Bertz CT molecular complexity index is 405. The minimum atomic E-state index is 0.341. The molecule has 4 saturated carbocycles. The van der Waals surface area contributed by atoms with Gasteiger partial charge in [-0.3, -0.25) is 0 Å². The molecule has 0 radical (unpaired) electrons. The van der Waals surface area contributed by atoms with Crippen molar-refractivity contribution < 1.29 is 5.11 Å². The molecule has 1 N–H and O–H groups in total. The van der Waals surface area contributed by atoms with Gasteiger partial charge in [-0.25, -0.2) is 0 Å². The van der Waals surface area contributed by atoms with E-state index in [4.69, 9.17) is 0 Å². The van der Waals surface area contributed by atoms with Gasteiger partial charge in [0.05, 0.1) is 0 Å². The number of hydrogen-bond acceptors (Lipinski definition) is 1. The van der Waals surface area contributed by atoms with E-state index in [-0.39, 0.29) is 0 Å². The average Bonchev–Trinajstić information content (AvgIpc) is 2.48. The van der Waals surface area contributed by atoms with E-state index in [1.54, 1.807) is 0 Å². The molecule has 120 valence electrons. The summed E-state index contributed by atoms with van der Waals surface area (Å²) in [6, 6.07) is 0. The third-order valence-electron chi connectivity index (χ3n) is 8.98. The van der Waals surface area contributed by atoms with Crippen molar-refractivity contribution in [3.8, 4) is 0 Å². The molecule has 0 spiro atoms. The molecule has 7 atom stereocenters. The van der Waals surface area contributed by atoms with Crippen molar-refractivity contribution >= 4 is 0 Å². The topological polar surface area (TPSA) is 20.2 Å². The van der Waals surface area contributed by atoms with Crippen LogP contribution in [0, 0.1) is 40.4 Å². The molecule has 4 rings (SSSR count). The fourth-order valence-corrected chi connectivity index (χ4v) is 7.73. The molecule has 4 aliphatic carbocycles. The first-order valence-electron chi connectivity index (χ1n) is 9.76. The maximum atomic E-state index is 10.2. The fourth-order valence-electron chi connectivity index (χ4n) is 7.73. The van der Waals surface area contributed by atoms with Gasteiger partial charge in [-0.2, -0.15) is 0 Å². The lowest BCUT2D eigenvalue weighted by Crippen LogP contribution is -2.62. The van der Waals surface area contributed by atoms with Crippen LogP contribution in [0.5, 0.6) is 0 Å². The van der Waals surface area contributed by atoms with Crippen LogP contribution in [0.25, 0.3) is 0 Å². The van der Waals surface area contributed by atoms with Gasteiger partial charge in [-0.1, -0.05) is 33.1 Å². The monoisotopic (exact) mass is 290 g/mol. The molecule has 21 heavy (non-hydrogen) atoms. The van der Waals surface area contributed by atoms with Crippen LogP contribution in [0.2, 0.25) is 0 Å². The van der Waals surface area contributed by atoms with Gasteiger partial charge < -0.3 is 5.11 Å². The summed E-state index contributed by atoms with van der Waals surface area (Å²) in [5.41, 5.74) is 0.994. The second kappa shape index (κ2) is 4.98. The molecule has 4 fully saturated rings. The third kappa shape index (κ3) is 1.79. The van der Waals surface area contributed by atoms with E-state index in [1.807, 2.05) is 0 Å². The molecule has 0 aliphatic heterocycles. The quantitative estimate of drug-likeness (QED) is 0.756. The molecule has 0 heterocycles. The summed E-state index contributed by atoms with van der Waals surface area (Å²) in [6.07, 6.45) is 14.4. The second-order valence-corrected chi connectivity index (χ2v) is 9.17. The van der Waals surface area contributed by atoms with Gasteiger partial charge in [0.25, 0.3) is 0 Å². The highest BCUT2D eigenvalue weighted by atomic mass is 16.3. The molecule has 0 aromatic rings. The fraction of sp³-hybridized carbons (Fsp3) is 1.00. The van der Waals surface area contributed by atoms with Crippen LogP contribution in [0.15, 0.2) is 0 Å². The molecular formula is C20H34O. The molecule has 0 saturated heterocycles. The summed E-state index contributed by atoms with van der Waals surface area (Å²) in [5.74, 6) is 4.65. The van der Waals surface area contributed by atoms with Crippen LogP contribution in [-0.2, 0) is 0 Å². The van der Waals surface area contributed by atoms with Crippen molar-refractivity contribution in [3.05, 3.63) is 0 Å². The molecule has 0 aromatic carbocycles. The van der Waals surface area contributed by atoms with Gasteiger partial charge in [-0.15, -0.1) is 0 Å². The van der Waals surface area contributed by atoms with E-state index in [0.717, 1.165) is 29.6 Å². The summed E-state index contributed by atoms with van der Waals surface area (Å²) in [5, 5.41) is 10.2. The lowest BCUT2D eigenvalue weighted by Gasteiger charge is -2.68. The molecule has 4 aliphatic rings. The Labute approximate surface area is 130 Å². The van der Waals surface area contributed by atoms with Crippen molar-refractivity contribution in [2.45, 2.75) is 78.1 Å². The van der Waals surface area contributed by atoms with Crippen LogP contribution in [0.1, 0.15) is 78.1 Å². The van der Waals surface area contributed by atoms with Crippen LogP contribution in [0.3, 0.4) is 0 Å². The highest BCUT2D eigenvalue weighted by Gasteiger charge is 2.63. The highest BCUT2D eigenvalue weighted by Crippen LogP contribution is 2.69. The molecular weight excluding hydrogens is 256 g/mol. The first kappa shape index (κ1) is 14.5. The first-order chi connectivity index (χ1) is 10.2. The standard InChI is InChI=1S/C20H34O/c1-3-14-12-18-16-8-7-15-6-4-5-10-19(15,2)17(16)9-11-20(14,18)13-21/h14-18,21H,3-13H2,1-2H3. The SMILES string of the molecule is CCC1CC2C3CCC4CCCCC4(C)C3CCC12CO. The highest BCUT2D eigenvalue weighted by molar-refractivity contribution is 5.12. The van der Waals surface area contributed by atoms with Gasteiger partial charge in [0, 0.05) is 6.61 Å². The second-order valence-electron chi connectivity index (χ2n) is 9.17. The van der Waals surface area contributed by atoms with E-state index in [2.05, 4.69) is 13.8 Å². The smallest absolute Gasteiger partial charge is 0.0492 e. The van der Waals surface area contributed by atoms with E-state index < -0.39 is 0 Å². The zero-order valence-electron chi connectivity index (χ0n) is 14.1. The summed E-state index contributed by atoms with van der Waals surface area (Å²) in [7, 11) is 0. The number of rotatable bonds is 2. The Kier molecular flexibility index (Phi) is 3.45. The van der Waals surface area contributed by atoms with Crippen LogP contribution < -0.4 is 0 Å². The van der Waals surface area contributed by atoms with Crippen LogP contribution >= 0.6 is 0 Å². The summed E-state index contributed by atoms with van der Waals surface area (Å²) in [6.45, 7) is 5.46. The maximum Gasteiger partial charge on any atom is 0.0492 e. The number of hydrogen-bond donors (Lipinski definition) is 1. The predicted octanol–water partition coefficient (Wildman–Crippen LogP) is 5.03. The zero-order chi connectivity index (χ0) is 14.7. The summed E-state index contributed by atoms with van der Waals surface area (Å²) in [4.78, 5) is 0. The molecule has 0 aromatic heterocycles. The van der Waals surface area contributed by atoms with Crippen molar-refractivity contribution in [1.82, 2.24) is 0 Å². The van der Waals surface area contributed by atoms with Gasteiger partial charge in [0.2, 0.25) is 0 Å². The zero-order valence-corrected chi connectivity index (χ0v) is 14.1. The molecule has 7 unspecified atom stereocenters. The number of fused-ring (bicyclic) bond motifs is 5. The van der Waals surface area contributed by atoms with Gasteiger partial charge in [-0.05, 0) is 85.4 Å². The normalized spacial score (nSPS) is 55.9. The largest absolute Gasteiger partial charge is 0.396 e. The Hall–Kier alpha value is -0.0400. The number of aliphatic hydroxyl groups excluding tert-OH is 1. The Morgan fingerprint density at radius 1 is 1.00 bits per heavy atom. The van der Waals surface area contributed by atoms with E-state index in [9.17, 15) is 5.11 Å². The van der Waals surface area contributed by atoms with Crippen LogP contribution in [0.4, 0.5) is 0 Å². The van der Waals surface area contributed by atoms with Gasteiger partial charge >= 0.3 is 0 Å². The molecule has 1 nitrogen and oxygen atoms in total. The van der Waals surface area contributed by atoms with Crippen molar-refractivity contribution in [1.29, 1.82) is 0 Å². The lowest BCUT2D eigenvalue weighted by molar-refractivity contribution is -0.204. The van der Waals surface area contributed by atoms with E-state index >= 15 is 0 Å². The van der Waals surface area contributed by atoms with E-state index in [0.29, 0.717) is 17.4 Å². The van der Waals surface area contributed by atoms with Crippen molar-refractivity contribution in [3.63, 3.8) is 0 Å². The molecule has 0 amide bonds. The lowest BCUT2D eigenvalue weighted by atomic mass is 9.37. The summed E-state index contributed by atoms with van der Waals surface area (Å²) >= 11 is 0. The molecule has 0 bridgehead atoms. The van der Waals surface area contributed by atoms with Gasteiger partial charge in [0.1, 0.15) is 0 Å². The molecule has 1 heteroatoms. The van der Waals surface area contributed by atoms with Crippen LogP contribution in [-0.4, -0.2) is 11.7 Å². The van der Waals surface area contributed by atoms with Gasteiger partial charge in [0.15, 0.2) is 0 Å². The average molecular weight is 290 g/mol. The summed E-state index contributed by atoms with van der Waals surface area (Å²) < 4.78 is 0. The van der Waals surface area contributed by atoms with Crippen molar-refractivity contribution in [2.75, 3.05) is 6.61 Å². The Morgan fingerprint density at radius 3 is 2.62 bits per heavy atom. The predicted molar refractivity (Wildman–Crippen MR) is 86.9 cm³/mol. The maximum absolute atomic E-state index is 10.2. The minimum Gasteiger partial charge on any atom is -0.396 e. The third-order valence-corrected chi connectivity index (χ3v) is 8.98.